The molecule has 0 saturated heterocycles. The highest BCUT2D eigenvalue weighted by molar-refractivity contribution is 6.32. The van der Waals surface area contributed by atoms with E-state index in [2.05, 4.69) is 0 Å². The SMILES string of the molecule is CCC=C(C)C(=O)Oc1ccccc1Cl. The third kappa shape index (κ3) is 3.40. The summed E-state index contributed by atoms with van der Waals surface area (Å²) in [5, 5.41) is 0.440. The highest BCUT2D eigenvalue weighted by atomic mass is 35.5. The number of hydrogen-bond acceptors (Lipinski definition) is 2. The van der Waals surface area contributed by atoms with E-state index in [1.807, 2.05) is 13.0 Å². The van der Waals surface area contributed by atoms with Gasteiger partial charge in [0.1, 0.15) is 5.75 Å². The first kappa shape index (κ1) is 11.8. The van der Waals surface area contributed by atoms with Gasteiger partial charge in [-0.15, -0.1) is 0 Å². The summed E-state index contributed by atoms with van der Waals surface area (Å²) < 4.78 is 5.12. The second kappa shape index (κ2) is 5.56. The molecule has 0 atom stereocenters. The number of benzene rings is 1. The van der Waals surface area contributed by atoms with E-state index >= 15 is 0 Å². The largest absolute Gasteiger partial charge is 0.422 e. The minimum absolute atomic E-state index is 0.357. The Bertz CT molecular complexity index is 383. The second-order valence-electron chi connectivity index (χ2n) is 3.12. The Morgan fingerprint density at radius 1 is 1.47 bits per heavy atom. The number of allylic oxidation sites excluding steroid dienone is 1. The molecule has 0 heterocycles. The monoisotopic (exact) mass is 224 g/mol. The molecule has 1 aromatic rings. The average Bonchev–Trinajstić information content (AvgIpc) is 2.21. The van der Waals surface area contributed by atoms with Crippen LogP contribution in [-0.4, -0.2) is 5.97 Å². The Morgan fingerprint density at radius 3 is 2.73 bits per heavy atom. The molecule has 1 aromatic carbocycles. The summed E-state index contributed by atoms with van der Waals surface area (Å²) in [6, 6.07) is 6.91. The molecule has 3 heteroatoms. The van der Waals surface area contributed by atoms with Gasteiger partial charge in [-0.05, 0) is 25.5 Å². The van der Waals surface area contributed by atoms with Gasteiger partial charge in [0.25, 0.3) is 0 Å². The molecule has 0 bridgehead atoms. The molecule has 0 radical (unpaired) electrons. The van der Waals surface area contributed by atoms with Crippen molar-refractivity contribution in [2.75, 3.05) is 0 Å². The van der Waals surface area contributed by atoms with Gasteiger partial charge in [-0.3, -0.25) is 0 Å². The third-order valence-electron chi connectivity index (χ3n) is 1.87. The molecule has 80 valence electrons. The molecule has 0 aliphatic carbocycles. The van der Waals surface area contributed by atoms with Gasteiger partial charge in [-0.2, -0.15) is 0 Å². The molecule has 0 aliphatic rings. The number of para-hydroxylation sites is 1. The van der Waals surface area contributed by atoms with Crippen molar-refractivity contribution in [3.63, 3.8) is 0 Å². The van der Waals surface area contributed by atoms with Crippen LogP contribution in [0, 0.1) is 0 Å². The molecule has 0 N–H and O–H groups in total. The standard InChI is InChI=1S/C12H13ClO2/c1-3-6-9(2)12(14)15-11-8-5-4-7-10(11)13/h4-8H,3H2,1-2H3. The number of rotatable bonds is 3. The van der Waals surface area contributed by atoms with E-state index in [4.69, 9.17) is 16.3 Å². The summed E-state index contributed by atoms with van der Waals surface area (Å²) in [6.45, 7) is 3.69. The van der Waals surface area contributed by atoms with Gasteiger partial charge < -0.3 is 4.74 Å². The van der Waals surface area contributed by atoms with Crippen LogP contribution in [0.15, 0.2) is 35.9 Å². The minimum Gasteiger partial charge on any atom is -0.422 e. The van der Waals surface area contributed by atoms with Crippen LogP contribution in [0.3, 0.4) is 0 Å². The van der Waals surface area contributed by atoms with Crippen LogP contribution >= 0.6 is 11.6 Å². The molecule has 0 aliphatic heterocycles. The summed E-state index contributed by atoms with van der Waals surface area (Å²) in [4.78, 5) is 11.5. The van der Waals surface area contributed by atoms with E-state index in [0.717, 1.165) is 6.42 Å². The van der Waals surface area contributed by atoms with E-state index in [9.17, 15) is 4.79 Å². The molecule has 0 amide bonds. The van der Waals surface area contributed by atoms with Crippen molar-refractivity contribution in [3.8, 4) is 5.75 Å². The number of carbonyl (C=O) groups is 1. The van der Waals surface area contributed by atoms with Crippen LogP contribution in [0.5, 0.6) is 5.75 Å². The van der Waals surface area contributed by atoms with Crippen LogP contribution in [-0.2, 0) is 4.79 Å². The van der Waals surface area contributed by atoms with Crippen molar-refractivity contribution in [2.45, 2.75) is 20.3 Å². The molecular weight excluding hydrogens is 212 g/mol. The van der Waals surface area contributed by atoms with Crippen LogP contribution in [0.2, 0.25) is 5.02 Å². The lowest BCUT2D eigenvalue weighted by Gasteiger charge is -2.05. The molecule has 0 unspecified atom stereocenters. The van der Waals surface area contributed by atoms with Crippen molar-refractivity contribution in [1.29, 1.82) is 0 Å². The lowest BCUT2D eigenvalue weighted by atomic mass is 10.2. The van der Waals surface area contributed by atoms with Crippen molar-refractivity contribution in [1.82, 2.24) is 0 Å². The fraction of sp³-hybridized carbons (Fsp3) is 0.250. The van der Waals surface area contributed by atoms with Gasteiger partial charge in [0, 0.05) is 5.57 Å². The highest BCUT2D eigenvalue weighted by Gasteiger charge is 2.08. The maximum absolute atomic E-state index is 11.5. The Hall–Kier alpha value is -1.28. The Kier molecular flexibility index (Phi) is 4.37. The molecule has 0 saturated carbocycles. The number of esters is 1. The first-order chi connectivity index (χ1) is 7.15. The van der Waals surface area contributed by atoms with Gasteiger partial charge in [-0.25, -0.2) is 4.79 Å². The minimum atomic E-state index is -0.357. The molecule has 0 aromatic heterocycles. The summed E-state index contributed by atoms with van der Waals surface area (Å²) in [5.74, 6) is 0.0398. The summed E-state index contributed by atoms with van der Waals surface area (Å²) in [5.41, 5.74) is 0.595. The normalized spacial score (nSPS) is 11.3. The molecule has 0 spiro atoms. The van der Waals surface area contributed by atoms with Gasteiger partial charge in [0.05, 0.1) is 5.02 Å². The summed E-state index contributed by atoms with van der Waals surface area (Å²) in [6.07, 6.45) is 2.63. The van der Waals surface area contributed by atoms with Crippen LogP contribution in [0.4, 0.5) is 0 Å². The smallest absolute Gasteiger partial charge is 0.338 e. The van der Waals surface area contributed by atoms with Crippen molar-refractivity contribution in [3.05, 3.63) is 40.9 Å². The predicted octanol–water partition coefficient (Wildman–Crippen LogP) is 3.60. The fourth-order valence-corrected chi connectivity index (χ4v) is 1.27. The third-order valence-corrected chi connectivity index (χ3v) is 2.18. The van der Waals surface area contributed by atoms with E-state index in [0.29, 0.717) is 16.3 Å². The average molecular weight is 225 g/mol. The van der Waals surface area contributed by atoms with E-state index in [1.165, 1.54) is 0 Å². The van der Waals surface area contributed by atoms with Gasteiger partial charge in [0.15, 0.2) is 0 Å². The van der Waals surface area contributed by atoms with E-state index < -0.39 is 0 Å². The van der Waals surface area contributed by atoms with Crippen LogP contribution in [0.25, 0.3) is 0 Å². The number of ether oxygens (including phenoxy) is 1. The maximum atomic E-state index is 11.5. The Balaban J connectivity index is 2.75. The van der Waals surface area contributed by atoms with E-state index in [-0.39, 0.29) is 5.97 Å². The van der Waals surface area contributed by atoms with Crippen molar-refractivity contribution in [2.24, 2.45) is 0 Å². The van der Waals surface area contributed by atoms with Crippen molar-refractivity contribution < 1.29 is 9.53 Å². The first-order valence-electron chi connectivity index (χ1n) is 4.78. The number of halogens is 1. The summed E-state index contributed by atoms with van der Waals surface area (Å²) >= 11 is 5.85. The van der Waals surface area contributed by atoms with Crippen LogP contribution < -0.4 is 4.74 Å². The molecule has 15 heavy (non-hydrogen) atoms. The zero-order valence-electron chi connectivity index (χ0n) is 8.79. The molecule has 1 rings (SSSR count). The Morgan fingerprint density at radius 2 is 2.13 bits per heavy atom. The summed E-state index contributed by atoms with van der Waals surface area (Å²) in [7, 11) is 0. The lowest BCUT2D eigenvalue weighted by Crippen LogP contribution is -2.09. The lowest BCUT2D eigenvalue weighted by molar-refractivity contribution is -0.130. The van der Waals surface area contributed by atoms with Gasteiger partial charge in [-0.1, -0.05) is 36.7 Å². The predicted molar refractivity (Wildman–Crippen MR) is 61.1 cm³/mol. The highest BCUT2D eigenvalue weighted by Crippen LogP contribution is 2.23. The first-order valence-corrected chi connectivity index (χ1v) is 5.16. The number of hydrogen-bond donors (Lipinski definition) is 0. The number of carbonyl (C=O) groups excluding carboxylic acids is 1. The van der Waals surface area contributed by atoms with Crippen molar-refractivity contribution >= 4 is 17.6 Å². The molecule has 0 fully saturated rings. The van der Waals surface area contributed by atoms with E-state index in [1.54, 1.807) is 31.2 Å². The quantitative estimate of drug-likeness (QED) is 0.446. The van der Waals surface area contributed by atoms with Gasteiger partial charge in [0.2, 0.25) is 0 Å². The maximum Gasteiger partial charge on any atom is 0.338 e. The fourth-order valence-electron chi connectivity index (χ4n) is 1.10. The zero-order chi connectivity index (χ0) is 11.3. The van der Waals surface area contributed by atoms with Crippen LogP contribution in [0.1, 0.15) is 20.3 Å². The zero-order valence-corrected chi connectivity index (χ0v) is 9.54. The molecule has 2 nitrogen and oxygen atoms in total. The topological polar surface area (TPSA) is 26.3 Å². The molecular formula is C12H13ClO2. The Labute approximate surface area is 94.5 Å². The second-order valence-corrected chi connectivity index (χ2v) is 3.52. The van der Waals surface area contributed by atoms with Gasteiger partial charge >= 0.3 is 5.97 Å².